The van der Waals surface area contributed by atoms with Gasteiger partial charge in [0.1, 0.15) is 17.7 Å². The predicted octanol–water partition coefficient (Wildman–Crippen LogP) is 3.22. The van der Waals surface area contributed by atoms with E-state index in [1.165, 1.54) is 12.3 Å². The highest BCUT2D eigenvalue weighted by Gasteiger charge is 2.26. The Hall–Kier alpha value is -2.34. The molecule has 2 aromatic rings. The average Bonchev–Trinajstić information content (AvgIpc) is 3.18. The first-order chi connectivity index (χ1) is 11.5. The zero-order chi connectivity index (χ0) is 17.1. The van der Waals surface area contributed by atoms with Crippen molar-refractivity contribution in [1.82, 2.24) is 10.6 Å². The van der Waals surface area contributed by atoms with E-state index in [1.54, 1.807) is 18.2 Å². The number of carbonyl (C=O) groups excluding carboxylic acids is 1. The van der Waals surface area contributed by atoms with Gasteiger partial charge in [0.15, 0.2) is 0 Å². The van der Waals surface area contributed by atoms with Crippen molar-refractivity contribution < 1.29 is 18.7 Å². The highest BCUT2D eigenvalue weighted by atomic mass is 19.1. The number of fused-ring (bicyclic) bond motifs is 1. The Morgan fingerprint density at radius 2 is 2.25 bits per heavy atom. The zero-order valence-corrected chi connectivity index (χ0v) is 13.5. The number of urea groups is 1. The molecule has 0 aliphatic heterocycles. The molecule has 24 heavy (non-hydrogen) atoms. The molecule has 0 unspecified atom stereocenters. The highest BCUT2D eigenvalue weighted by molar-refractivity contribution is 5.75. The van der Waals surface area contributed by atoms with Crippen LogP contribution in [0.4, 0.5) is 9.18 Å². The second kappa shape index (κ2) is 7.05. The molecule has 3 rings (SSSR count). The number of furan rings is 1. The summed E-state index contributed by atoms with van der Waals surface area (Å²) in [5, 5.41) is 15.7. The van der Waals surface area contributed by atoms with Crippen molar-refractivity contribution in [3.8, 4) is 0 Å². The summed E-state index contributed by atoms with van der Waals surface area (Å²) in [5.74, 6) is 0.261. The van der Waals surface area contributed by atoms with Crippen molar-refractivity contribution in [1.29, 1.82) is 0 Å². The number of carbonyl (C=O) groups is 1. The van der Waals surface area contributed by atoms with Crippen LogP contribution in [0.1, 0.15) is 48.8 Å². The molecular weight excluding hydrogens is 311 g/mol. The average molecular weight is 332 g/mol. The van der Waals surface area contributed by atoms with Crippen molar-refractivity contribution in [3.05, 3.63) is 59.3 Å². The molecule has 0 saturated heterocycles. The number of aliphatic hydroxyl groups is 1. The number of hydrogen-bond donors (Lipinski definition) is 3. The number of halogens is 1. The lowest BCUT2D eigenvalue weighted by molar-refractivity contribution is 0.129. The predicted molar refractivity (Wildman–Crippen MR) is 86.9 cm³/mol. The molecular formula is C18H21FN2O3. The number of hydrogen-bond acceptors (Lipinski definition) is 3. The standard InChI is InChI=1S/C18H21FN2O3/c1-11(10-16(22)17-6-3-9-24-17)20-18(23)21-15-8-7-12-13(15)4-2-5-14(12)19/h2-6,9,11,15-16,22H,7-8,10H2,1H3,(H2,20,21,23)/t11-,15+,16+/m1/s1. The van der Waals surface area contributed by atoms with E-state index in [1.807, 2.05) is 13.0 Å². The van der Waals surface area contributed by atoms with E-state index >= 15 is 0 Å². The van der Waals surface area contributed by atoms with E-state index in [-0.39, 0.29) is 23.9 Å². The van der Waals surface area contributed by atoms with Gasteiger partial charge in [-0.1, -0.05) is 12.1 Å². The summed E-state index contributed by atoms with van der Waals surface area (Å²) in [6.45, 7) is 1.81. The molecule has 5 nitrogen and oxygen atoms in total. The van der Waals surface area contributed by atoms with E-state index in [0.29, 0.717) is 30.6 Å². The van der Waals surface area contributed by atoms with E-state index < -0.39 is 6.10 Å². The largest absolute Gasteiger partial charge is 0.467 e. The minimum absolute atomic E-state index is 0.183. The molecule has 0 fully saturated rings. The van der Waals surface area contributed by atoms with Gasteiger partial charge in [0.2, 0.25) is 0 Å². The van der Waals surface area contributed by atoms with Crippen LogP contribution >= 0.6 is 0 Å². The summed E-state index contributed by atoms with van der Waals surface area (Å²) in [4.78, 5) is 12.2. The maximum absolute atomic E-state index is 13.7. The van der Waals surface area contributed by atoms with Crippen molar-refractivity contribution in [2.45, 2.75) is 44.4 Å². The third kappa shape index (κ3) is 3.59. The first-order valence-electron chi connectivity index (χ1n) is 8.10. The van der Waals surface area contributed by atoms with Gasteiger partial charge in [-0.2, -0.15) is 0 Å². The second-order valence-corrected chi connectivity index (χ2v) is 6.18. The van der Waals surface area contributed by atoms with Crippen LogP contribution in [0.15, 0.2) is 41.0 Å². The summed E-state index contributed by atoms with van der Waals surface area (Å²) in [5.41, 5.74) is 1.53. The molecule has 3 N–H and O–H groups in total. The fourth-order valence-corrected chi connectivity index (χ4v) is 3.17. The molecule has 1 heterocycles. The monoisotopic (exact) mass is 332 g/mol. The van der Waals surface area contributed by atoms with E-state index in [9.17, 15) is 14.3 Å². The van der Waals surface area contributed by atoms with Gasteiger partial charge in [-0.25, -0.2) is 9.18 Å². The Balaban J connectivity index is 1.52. The molecule has 0 bridgehead atoms. The molecule has 3 atom stereocenters. The summed E-state index contributed by atoms with van der Waals surface area (Å²) in [6, 6.07) is 7.61. The van der Waals surface area contributed by atoms with Gasteiger partial charge < -0.3 is 20.2 Å². The molecule has 6 heteroatoms. The van der Waals surface area contributed by atoms with Crippen molar-refractivity contribution in [2.75, 3.05) is 0 Å². The Labute approximate surface area is 139 Å². The van der Waals surface area contributed by atoms with E-state index in [4.69, 9.17) is 4.42 Å². The molecule has 0 spiro atoms. The molecule has 1 aliphatic rings. The lowest BCUT2D eigenvalue weighted by atomic mass is 10.1. The second-order valence-electron chi connectivity index (χ2n) is 6.18. The molecule has 0 radical (unpaired) electrons. The van der Waals surface area contributed by atoms with E-state index in [0.717, 1.165) is 5.56 Å². The lowest BCUT2D eigenvalue weighted by Gasteiger charge is -2.20. The Morgan fingerprint density at radius 3 is 3.00 bits per heavy atom. The molecule has 1 aliphatic carbocycles. The van der Waals surface area contributed by atoms with Crippen LogP contribution < -0.4 is 10.6 Å². The number of nitrogens with one attached hydrogen (secondary N) is 2. The fraction of sp³-hybridized carbons (Fsp3) is 0.389. The smallest absolute Gasteiger partial charge is 0.315 e. The van der Waals surface area contributed by atoms with Gasteiger partial charge in [0.25, 0.3) is 0 Å². The third-order valence-electron chi connectivity index (χ3n) is 4.34. The topological polar surface area (TPSA) is 74.5 Å². The molecule has 1 aromatic carbocycles. The summed E-state index contributed by atoms with van der Waals surface area (Å²) >= 11 is 0. The lowest BCUT2D eigenvalue weighted by Crippen LogP contribution is -2.42. The van der Waals surface area contributed by atoms with Gasteiger partial charge in [0.05, 0.1) is 12.3 Å². The minimum atomic E-state index is -0.767. The van der Waals surface area contributed by atoms with Crippen molar-refractivity contribution in [2.24, 2.45) is 0 Å². The first kappa shape index (κ1) is 16.5. The summed E-state index contributed by atoms with van der Waals surface area (Å²) in [7, 11) is 0. The molecule has 2 amide bonds. The maximum Gasteiger partial charge on any atom is 0.315 e. The molecule has 0 saturated carbocycles. The quantitative estimate of drug-likeness (QED) is 0.787. The van der Waals surface area contributed by atoms with Crippen molar-refractivity contribution >= 4 is 6.03 Å². The van der Waals surface area contributed by atoms with Crippen LogP contribution in [0.25, 0.3) is 0 Å². The Kier molecular flexibility index (Phi) is 4.85. The third-order valence-corrected chi connectivity index (χ3v) is 4.34. The SMILES string of the molecule is C[C@H](C[C@H](O)c1ccco1)NC(=O)N[C@H]1CCc2c(F)cccc21. The Morgan fingerprint density at radius 1 is 1.42 bits per heavy atom. The fourth-order valence-electron chi connectivity index (χ4n) is 3.17. The first-order valence-corrected chi connectivity index (χ1v) is 8.10. The van der Waals surface area contributed by atoms with Gasteiger partial charge >= 0.3 is 6.03 Å². The maximum atomic E-state index is 13.7. The minimum Gasteiger partial charge on any atom is -0.467 e. The van der Waals surface area contributed by atoms with Crippen LogP contribution in [0.3, 0.4) is 0 Å². The number of aliphatic hydroxyl groups excluding tert-OH is 1. The number of rotatable bonds is 5. The van der Waals surface area contributed by atoms with Crippen LogP contribution in [-0.4, -0.2) is 17.2 Å². The van der Waals surface area contributed by atoms with Gasteiger partial charge in [0, 0.05) is 12.5 Å². The summed E-state index contributed by atoms with van der Waals surface area (Å²) in [6.07, 6.45) is 2.39. The Bertz CT molecular complexity index is 702. The van der Waals surface area contributed by atoms with Crippen LogP contribution in [0, 0.1) is 5.82 Å². The van der Waals surface area contributed by atoms with Gasteiger partial charge in [-0.3, -0.25) is 0 Å². The van der Waals surface area contributed by atoms with Crippen LogP contribution in [0.5, 0.6) is 0 Å². The van der Waals surface area contributed by atoms with Crippen LogP contribution in [0.2, 0.25) is 0 Å². The zero-order valence-electron chi connectivity index (χ0n) is 13.5. The van der Waals surface area contributed by atoms with Gasteiger partial charge in [-0.05, 0) is 49.1 Å². The molecule has 128 valence electrons. The van der Waals surface area contributed by atoms with Crippen molar-refractivity contribution in [3.63, 3.8) is 0 Å². The van der Waals surface area contributed by atoms with E-state index in [2.05, 4.69) is 10.6 Å². The molecule has 1 aromatic heterocycles. The highest BCUT2D eigenvalue weighted by Crippen LogP contribution is 2.32. The summed E-state index contributed by atoms with van der Waals surface area (Å²) < 4.78 is 18.9. The normalized spacial score (nSPS) is 18.7. The van der Waals surface area contributed by atoms with Crippen LogP contribution in [-0.2, 0) is 6.42 Å². The van der Waals surface area contributed by atoms with Gasteiger partial charge in [-0.15, -0.1) is 0 Å². The number of benzene rings is 1. The number of amides is 2.